The topological polar surface area (TPSA) is 117 Å². The van der Waals surface area contributed by atoms with Gasteiger partial charge in [-0.3, -0.25) is 9.59 Å². The summed E-state index contributed by atoms with van der Waals surface area (Å²) in [6, 6.07) is 8.54. The number of carbonyl (C=O) groups is 1. The molecule has 3 aromatic rings. The molecule has 1 aliphatic heterocycles. The van der Waals surface area contributed by atoms with Gasteiger partial charge >= 0.3 is 0 Å². The number of fused-ring (bicyclic) bond motifs is 1. The highest BCUT2D eigenvalue weighted by atomic mass is 32.2. The van der Waals surface area contributed by atoms with Crippen molar-refractivity contribution < 1.29 is 17.6 Å². The highest BCUT2D eigenvalue weighted by molar-refractivity contribution is 7.89. The maximum Gasteiger partial charge on any atom is 0.289 e. The smallest absolute Gasteiger partial charge is 0.289 e. The summed E-state index contributed by atoms with van der Waals surface area (Å²) in [6.45, 7) is 2.73. The Hall–Kier alpha value is -3.24. The highest BCUT2D eigenvalue weighted by Gasteiger charge is 2.32. The first kappa shape index (κ1) is 22.5. The molecule has 1 amide bonds. The van der Waals surface area contributed by atoms with E-state index in [4.69, 9.17) is 4.42 Å². The van der Waals surface area contributed by atoms with Crippen LogP contribution in [0.15, 0.2) is 50.7 Å². The van der Waals surface area contributed by atoms with E-state index in [0.717, 1.165) is 30.4 Å². The lowest BCUT2D eigenvalue weighted by molar-refractivity contribution is 0.0666. The number of amides is 1. The van der Waals surface area contributed by atoms with Crippen LogP contribution in [-0.2, 0) is 22.9 Å². The summed E-state index contributed by atoms with van der Waals surface area (Å²) < 4.78 is 33.7. The average Bonchev–Trinajstić information content (AvgIpc) is 3.40. The van der Waals surface area contributed by atoms with Crippen LogP contribution in [0.2, 0.25) is 0 Å². The SMILES string of the molecule is Cc1ccc(-c2n[nH]c(=O)c3c2CCCC3)cc1S(=O)(=O)N1CCN(C(=O)c2ccco2)CC1. The van der Waals surface area contributed by atoms with Crippen LogP contribution in [0.4, 0.5) is 0 Å². The third-order valence-corrected chi connectivity index (χ3v) is 8.67. The lowest BCUT2D eigenvalue weighted by atomic mass is 9.90. The van der Waals surface area contributed by atoms with Gasteiger partial charge in [0.2, 0.25) is 10.0 Å². The summed E-state index contributed by atoms with van der Waals surface area (Å²) in [6.07, 6.45) is 4.84. The van der Waals surface area contributed by atoms with Gasteiger partial charge in [-0.2, -0.15) is 9.40 Å². The van der Waals surface area contributed by atoms with Crippen molar-refractivity contribution in [1.29, 1.82) is 0 Å². The lowest BCUT2D eigenvalue weighted by Gasteiger charge is -2.33. The van der Waals surface area contributed by atoms with E-state index in [1.54, 1.807) is 36.1 Å². The van der Waals surface area contributed by atoms with E-state index in [2.05, 4.69) is 10.2 Å². The second-order valence-corrected chi connectivity index (χ2v) is 10.6. The Kier molecular flexibility index (Phi) is 5.86. The first-order valence-electron chi connectivity index (χ1n) is 11.4. The van der Waals surface area contributed by atoms with E-state index in [0.29, 0.717) is 23.2 Å². The Balaban J connectivity index is 1.42. The number of aromatic nitrogens is 2. The molecule has 2 aliphatic rings. The Morgan fingerprint density at radius 3 is 2.50 bits per heavy atom. The molecular weight excluding hydrogens is 456 g/mol. The van der Waals surface area contributed by atoms with Crippen molar-refractivity contribution in [2.24, 2.45) is 0 Å². The van der Waals surface area contributed by atoms with Crippen LogP contribution in [-0.4, -0.2) is 59.9 Å². The van der Waals surface area contributed by atoms with Gasteiger partial charge in [-0.15, -0.1) is 0 Å². The van der Waals surface area contributed by atoms with Gasteiger partial charge in [0.1, 0.15) is 0 Å². The highest BCUT2D eigenvalue weighted by Crippen LogP contribution is 2.31. The van der Waals surface area contributed by atoms with Crippen LogP contribution in [0.25, 0.3) is 11.3 Å². The van der Waals surface area contributed by atoms with Gasteiger partial charge in [0, 0.05) is 37.3 Å². The fourth-order valence-corrected chi connectivity index (χ4v) is 6.42. The molecule has 10 heteroatoms. The number of H-pyrrole nitrogens is 1. The molecule has 1 aliphatic carbocycles. The van der Waals surface area contributed by atoms with Gasteiger partial charge in [-0.25, -0.2) is 13.5 Å². The van der Waals surface area contributed by atoms with Crippen LogP contribution < -0.4 is 5.56 Å². The molecule has 1 fully saturated rings. The van der Waals surface area contributed by atoms with Crippen molar-refractivity contribution in [3.05, 3.63) is 69.4 Å². The van der Waals surface area contributed by atoms with Crippen molar-refractivity contribution in [2.45, 2.75) is 37.5 Å². The number of nitrogens with zero attached hydrogens (tertiary/aromatic N) is 3. The number of hydrogen-bond acceptors (Lipinski definition) is 6. The maximum absolute atomic E-state index is 13.6. The molecule has 1 saturated heterocycles. The standard InChI is InChI=1S/C24H26N4O5S/c1-16-8-9-17(22-18-5-2-3-6-19(18)23(29)26-25-22)15-21(16)34(31,32)28-12-10-27(11-13-28)24(30)20-7-4-14-33-20/h4,7-9,14-15H,2-3,5-6,10-13H2,1H3,(H,26,29). The second-order valence-electron chi connectivity index (χ2n) is 8.72. The minimum absolute atomic E-state index is 0.166. The first-order chi connectivity index (χ1) is 16.4. The van der Waals surface area contributed by atoms with E-state index in [-0.39, 0.29) is 48.3 Å². The molecule has 0 atom stereocenters. The Labute approximate surface area is 197 Å². The first-order valence-corrected chi connectivity index (χ1v) is 12.8. The number of benzene rings is 1. The number of aromatic amines is 1. The Morgan fingerprint density at radius 2 is 1.79 bits per heavy atom. The van der Waals surface area contributed by atoms with Crippen LogP contribution in [0.3, 0.4) is 0 Å². The normalized spacial score (nSPS) is 16.9. The second kappa shape index (κ2) is 8.84. The molecule has 34 heavy (non-hydrogen) atoms. The van der Waals surface area contributed by atoms with Gasteiger partial charge in [0.05, 0.1) is 16.9 Å². The number of hydrogen-bond donors (Lipinski definition) is 1. The molecule has 1 aromatic carbocycles. The van der Waals surface area contributed by atoms with E-state index < -0.39 is 10.0 Å². The molecule has 9 nitrogen and oxygen atoms in total. The summed E-state index contributed by atoms with van der Waals surface area (Å²) in [5, 5.41) is 6.86. The number of rotatable bonds is 4. The molecule has 0 bridgehead atoms. The molecule has 0 unspecified atom stereocenters. The predicted octanol–water partition coefficient (Wildman–Crippen LogP) is 2.36. The van der Waals surface area contributed by atoms with Crippen LogP contribution in [0.5, 0.6) is 0 Å². The molecule has 178 valence electrons. The van der Waals surface area contributed by atoms with Crippen LogP contribution in [0, 0.1) is 6.92 Å². The van der Waals surface area contributed by atoms with E-state index >= 15 is 0 Å². The molecule has 0 radical (unpaired) electrons. The third kappa shape index (κ3) is 3.97. The minimum atomic E-state index is -3.78. The summed E-state index contributed by atoms with van der Waals surface area (Å²) in [7, 11) is -3.78. The molecule has 0 spiro atoms. The lowest BCUT2D eigenvalue weighted by Crippen LogP contribution is -2.50. The van der Waals surface area contributed by atoms with Crippen LogP contribution in [0.1, 0.15) is 40.1 Å². The molecule has 2 aromatic heterocycles. The number of nitrogens with one attached hydrogen (secondary N) is 1. The summed E-state index contributed by atoms with van der Waals surface area (Å²) >= 11 is 0. The van der Waals surface area contributed by atoms with E-state index in [9.17, 15) is 18.0 Å². The average molecular weight is 483 g/mol. The minimum Gasteiger partial charge on any atom is -0.459 e. The van der Waals surface area contributed by atoms with Gasteiger partial charge in [0.25, 0.3) is 11.5 Å². The monoisotopic (exact) mass is 482 g/mol. The molecular formula is C24H26N4O5S. The van der Waals surface area contributed by atoms with Crippen LogP contribution >= 0.6 is 0 Å². The summed E-state index contributed by atoms with van der Waals surface area (Å²) in [4.78, 5) is 26.6. The number of furan rings is 1. The van der Waals surface area contributed by atoms with Crippen molar-refractivity contribution >= 4 is 15.9 Å². The molecule has 1 N–H and O–H groups in total. The molecule has 5 rings (SSSR count). The summed E-state index contributed by atoms with van der Waals surface area (Å²) in [5.74, 6) is 0.00531. The number of carbonyl (C=O) groups excluding carboxylic acids is 1. The zero-order valence-corrected chi connectivity index (χ0v) is 19.7. The predicted molar refractivity (Wildman–Crippen MR) is 125 cm³/mol. The van der Waals surface area contributed by atoms with Gasteiger partial charge in [0.15, 0.2) is 5.76 Å². The largest absolute Gasteiger partial charge is 0.459 e. The number of sulfonamides is 1. The van der Waals surface area contributed by atoms with E-state index in [1.807, 2.05) is 6.07 Å². The zero-order valence-electron chi connectivity index (χ0n) is 18.9. The van der Waals surface area contributed by atoms with Crippen molar-refractivity contribution in [2.75, 3.05) is 26.2 Å². The van der Waals surface area contributed by atoms with Gasteiger partial charge < -0.3 is 9.32 Å². The molecule has 0 saturated carbocycles. The van der Waals surface area contributed by atoms with Crippen molar-refractivity contribution in [3.8, 4) is 11.3 Å². The Morgan fingerprint density at radius 1 is 1.06 bits per heavy atom. The van der Waals surface area contributed by atoms with Gasteiger partial charge in [-0.05, 0) is 61.9 Å². The van der Waals surface area contributed by atoms with Crippen molar-refractivity contribution in [1.82, 2.24) is 19.4 Å². The summed E-state index contributed by atoms with van der Waals surface area (Å²) in [5.41, 5.74) is 3.44. The molecule has 3 heterocycles. The maximum atomic E-state index is 13.6. The third-order valence-electron chi connectivity index (χ3n) is 6.63. The fraction of sp³-hybridized carbons (Fsp3) is 0.375. The van der Waals surface area contributed by atoms with Gasteiger partial charge in [-0.1, -0.05) is 12.1 Å². The number of aryl methyl sites for hydroxylation is 1. The van der Waals surface area contributed by atoms with Crippen molar-refractivity contribution in [3.63, 3.8) is 0 Å². The number of piperazine rings is 1. The Bertz CT molecular complexity index is 1390. The van der Waals surface area contributed by atoms with E-state index in [1.165, 1.54) is 10.6 Å². The fourth-order valence-electron chi connectivity index (χ4n) is 4.75. The quantitative estimate of drug-likeness (QED) is 0.610. The zero-order chi connectivity index (χ0) is 23.9.